The van der Waals surface area contributed by atoms with E-state index < -0.39 is 0 Å². The summed E-state index contributed by atoms with van der Waals surface area (Å²) in [6.07, 6.45) is 0. The number of rotatable bonds is 1. The van der Waals surface area contributed by atoms with E-state index in [0.29, 0.717) is 30.8 Å². The lowest BCUT2D eigenvalue weighted by Gasteiger charge is -2.28. The summed E-state index contributed by atoms with van der Waals surface area (Å²) < 4.78 is 19.2. The average Bonchev–Trinajstić information content (AvgIpc) is 2.24. The van der Waals surface area contributed by atoms with Gasteiger partial charge in [-0.2, -0.15) is 0 Å². The second-order valence-electron chi connectivity index (χ2n) is 3.16. The largest absolute Gasteiger partial charge is 0.378 e. The van der Waals surface area contributed by atoms with Gasteiger partial charge in [-0.05, 0) is 22.0 Å². The second-order valence-corrected chi connectivity index (χ2v) is 4.41. The molecule has 0 bridgehead atoms. The van der Waals surface area contributed by atoms with Crippen molar-refractivity contribution in [2.45, 2.75) is 0 Å². The Hall–Kier alpha value is -0.390. The Morgan fingerprint density at radius 2 is 2.13 bits per heavy atom. The number of pyridine rings is 1. The molecule has 6 heteroatoms. The minimum atomic E-state index is -0.374. The van der Waals surface area contributed by atoms with Gasteiger partial charge in [-0.15, -0.1) is 0 Å². The third kappa shape index (κ3) is 2.41. The lowest BCUT2D eigenvalue weighted by molar-refractivity contribution is 0.122. The molecule has 0 saturated carbocycles. The van der Waals surface area contributed by atoms with Crippen molar-refractivity contribution in [3.63, 3.8) is 0 Å². The zero-order valence-electron chi connectivity index (χ0n) is 7.84. The molecule has 0 N–H and O–H groups in total. The summed E-state index contributed by atoms with van der Waals surface area (Å²) in [6.45, 7) is 2.45. The third-order valence-corrected chi connectivity index (χ3v) is 2.95. The van der Waals surface area contributed by atoms with Crippen LogP contribution in [0, 0.1) is 5.82 Å². The molecule has 2 rings (SSSR count). The Balaban J connectivity index is 2.33. The SMILES string of the molecule is Fc1c(Br)cc(Cl)nc1N1CCOCC1. The number of halogens is 3. The number of hydrogen-bond donors (Lipinski definition) is 0. The average molecular weight is 296 g/mol. The summed E-state index contributed by atoms with van der Waals surface area (Å²) in [6, 6.07) is 1.45. The van der Waals surface area contributed by atoms with Gasteiger partial charge >= 0.3 is 0 Å². The van der Waals surface area contributed by atoms with Crippen LogP contribution in [0.3, 0.4) is 0 Å². The summed E-state index contributed by atoms with van der Waals surface area (Å²) >= 11 is 8.88. The van der Waals surface area contributed by atoms with Crippen LogP contribution in [-0.2, 0) is 4.74 Å². The van der Waals surface area contributed by atoms with Crippen LogP contribution in [-0.4, -0.2) is 31.3 Å². The Morgan fingerprint density at radius 1 is 1.47 bits per heavy atom. The van der Waals surface area contributed by atoms with Crippen LogP contribution in [0.1, 0.15) is 0 Å². The Labute approximate surface area is 100 Å². The second kappa shape index (κ2) is 4.63. The summed E-state index contributed by atoms with van der Waals surface area (Å²) in [4.78, 5) is 5.82. The van der Waals surface area contributed by atoms with Crippen LogP contribution in [0.25, 0.3) is 0 Å². The van der Waals surface area contributed by atoms with Crippen LogP contribution in [0.4, 0.5) is 10.2 Å². The van der Waals surface area contributed by atoms with Gasteiger partial charge in [-0.1, -0.05) is 11.6 Å². The predicted octanol–water partition coefficient (Wildman–Crippen LogP) is 2.47. The van der Waals surface area contributed by atoms with Gasteiger partial charge in [0.2, 0.25) is 0 Å². The molecule has 1 saturated heterocycles. The third-order valence-electron chi connectivity index (χ3n) is 2.18. The number of aromatic nitrogens is 1. The quantitative estimate of drug-likeness (QED) is 0.744. The Morgan fingerprint density at radius 3 is 2.80 bits per heavy atom. The molecule has 3 nitrogen and oxygen atoms in total. The smallest absolute Gasteiger partial charge is 0.179 e. The molecule has 0 amide bonds. The standard InChI is InChI=1S/C9H9BrClFN2O/c10-6-5-7(11)13-9(8(6)12)14-1-3-15-4-2-14/h5H,1-4H2. The molecule has 1 aliphatic rings. The van der Waals surface area contributed by atoms with E-state index in [9.17, 15) is 4.39 Å². The van der Waals surface area contributed by atoms with E-state index in [4.69, 9.17) is 16.3 Å². The highest BCUT2D eigenvalue weighted by atomic mass is 79.9. The molecule has 82 valence electrons. The van der Waals surface area contributed by atoms with Gasteiger partial charge in [0.1, 0.15) is 5.15 Å². The van der Waals surface area contributed by atoms with Crippen molar-refractivity contribution in [3.05, 3.63) is 21.5 Å². The molecule has 0 unspecified atom stereocenters. The molecular weight excluding hydrogens is 286 g/mol. The van der Waals surface area contributed by atoms with Crippen LogP contribution < -0.4 is 4.90 Å². The molecule has 15 heavy (non-hydrogen) atoms. The van der Waals surface area contributed by atoms with Crippen molar-refractivity contribution < 1.29 is 9.13 Å². The van der Waals surface area contributed by atoms with Gasteiger partial charge in [0.15, 0.2) is 11.6 Å². The maximum Gasteiger partial charge on any atom is 0.179 e. The maximum atomic E-state index is 13.7. The first kappa shape index (κ1) is 11.1. The van der Waals surface area contributed by atoms with Crippen LogP contribution in [0.2, 0.25) is 5.15 Å². The summed E-state index contributed by atoms with van der Waals surface area (Å²) in [5.41, 5.74) is 0. The molecule has 1 aliphatic heterocycles. The molecule has 0 spiro atoms. The number of anilines is 1. The van der Waals surface area contributed by atoms with Gasteiger partial charge in [0.05, 0.1) is 17.7 Å². The molecule has 0 radical (unpaired) electrons. The predicted molar refractivity (Wildman–Crippen MR) is 59.9 cm³/mol. The summed E-state index contributed by atoms with van der Waals surface area (Å²) in [5, 5.41) is 0.282. The van der Waals surface area contributed by atoms with Gasteiger partial charge in [0.25, 0.3) is 0 Å². The molecule has 0 aromatic carbocycles. The zero-order chi connectivity index (χ0) is 10.8. The van der Waals surface area contributed by atoms with E-state index in [1.165, 1.54) is 6.07 Å². The van der Waals surface area contributed by atoms with Crippen LogP contribution in [0.5, 0.6) is 0 Å². The fourth-order valence-corrected chi connectivity index (χ4v) is 2.16. The maximum absolute atomic E-state index is 13.7. The summed E-state index contributed by atoms with van der Waals surface area (Å²) in [7, 11) is 0. The van der Waals surface area contributed by atoms with Crippen molar-refractivity contribution in [2.75, 3.05) is 31.2 Å². The van der Waals surface area contributed by atoms with Crippen molar-refractivity contribution >= 4 is 33.3 Å². The highest BCUT2D eigenvalue weighted by Crippen LogP contribution is 2.27. The van der Waals surface area contributed by atoms with Gasteiger partial charge in [-0.25, -0.2) is 9.37 Å². The molecular formula is C9H9BrClFN2O. The summed E-state index contributed by atoms with van der Waals surface area (Å²) in [5.74, 6) is -0.0843. The monoisotopic (exact) mass is 294 g/mol. The Kier molecular flexibility index (Phi) is 3.43. The minimum absolute atomic E-state index is 0.282. The topological polar surface area (TPSA) is 25.4 Å². The first-order valence-corrected chi connectivity index (χ1v) is 5.70. The molecule has 1 aromatic rings. The van der Waals surface area contributed by atoms with E-state index in [1.54, 1.807) is 0 Å². The number of nitrogens with zero attached hydrogens (tertiary/aromatic N) is 2. The molecule has 1 fully saturated rings. The van der Waals surface area contributed by atoms with Crippen molar-refractivity contribution in [2.24, 2.45) is 0 Å². The molecule has 0 aliphatic carbocycles. The lowest BCUT2D eigenvalue weighted by atomic mass is 10.3. The van der Waals surface area contributed by atoms with Gasteiger partial charge in [0, 0.05) is 13.1 Å². The van der Waals surface area contributed by atoms with Crippen molar-refractivity contribution in [1.82, 2.24) is 4.98 Å². The number of hydrogen-bond acceptors (Lipinski definition) is 3. The fourth-order valence-electron chi connectivity index (χ4n) is 1.44. The van der Waals surface area contributed by atoms with Gasteiger partial charge in [-0.3, -0.25) is 0 Å². The van der Waals surface area contributed by atoms with Gasteiger partial charge < -0.3 is 9.64 Å². The highest BCUT2D eigenvalue weighted by Gasteiger charge is 2.19. The van der Waals surface area contributed by atoms with E-state index >= 15 is 0 Å². The zero-order valence-corrected chi connectivity index (χ0v) is 10.2. The van der Waals surface area contributed by atoms with E-state index in [1.807, 2.05) is 4.90 Å². The first-order chi connectivity index (χ1) is 7.18. The van der Waals surface area contributed by atoms with Crippen molar-refractivity contribution in [1.29, 1.82) is 0 Å². The van der Waals surface area contributed by atoms with Crippen LogP contribution in [0.15, 0.2) is 10.5 Å². The molecule has 0 atom stereocenters. The van der Waals surface area contributed by atoms with E-state index in [2.05, 4.69) is 20.9 Å². The normalized spacial score (nSPS) is 16.9. The fraction of sp³-hybridized carbons (Fsp3) is 0.444. The first-order valence-electron chi connectivity index (χ1n) is 4.52. The lowest BCUT2D eigenvalue weighted by Crippen LogP contribution is -2.37. The van der Waals surface area contributed by atoms with E-state index in [0.717, 1.165) is 0 Å². The number of ether oxygens (including phenoxy) is 1. The minimum Gasteiger partial charge on any atom is -0.378 e. The van der Waals surface area contributed by atoms with Crippen molar-refractivity contribution in [3.8, 4) is 0 Å². The van der Waals surface area contributed by atoms with E-state index in [-0.39, 0.29) is 16.8 Å². The Bertz CT molecular complexity index is 371. The molecule has 1 aromatic heterocycles. The molecule has 2 heterocycles. The number of morpholine rings is 1. The van der Waals surface area contributed by atoms with Crippen LogP contribution >= 0.6 is 27.5 Å². The highest BCUT2D eigenvalue weighted by molar-refractivity contribution is 9.10.